The average Bonchev–Trinajstić information content (AvgIpc) is 2.95. The maximum Gasteiger partial charge on any atom is 0.177 e. The van der Waals surface area contributed by atoms with Gasteiger partial charge in [-0.15, -0.1) is 0 Å². The highest BCUT2D eigenvalue weighted by atomic mass is 79.9. The fourth-order valence-electron chi connectivity index (χ4n) is 2.87. The third-order valence-corrected chi connectivity index (χ3v) is 4.11. The molecule has 1 saturated heterocycles. The number of halogens is 1. The molecule has 0 saturated carbocycles. The first-order valence-corrected chi connectivity index (χ1v) is 7.29. The Labute approximate surface area is 115 Å². The Morgan fingerprint density at radius 2 is 2.39 bits per heavy atom. The topological polar surface area (TPSA) is 53.6 Å². The number of imidazole rings is 1. The summed E-state index contributed by atoms with van der Waals surface area (Å²) in [5.41, 5.74) is 1.84. The molecule has 0 aliphatic carbocycles. The highest BCUT2D eigenvalue weighted by molar-refractivity contribution is 9.10. The SMILES string of the molecule is CCCC1(c2nc3ncc(Br)cc3[nH]2)CCCN1. The molecular weight excluding hydrogens is 292 g/mol. The van der Waals surface area contributed by atoms with Crippen molar-refractivity contribution in [2.45, 2.75) is 38.1 Å². The van der Waals surface area contributed by atoms with Crippen LogP contribution >= 0.6 is 15.9 Å². The van der Waals surface area contributed by atoms with Gasteiger partial charge in [-0.3, -0.25) is 0 Å². The van der Waals surface area contributed by atoms with Gasteiger partial charge in [-0.05, 0) is 47.8 Å². The van der Waals surface area contributed by atoms with Gasteiger partial charge in [0.05, 0.1) is 11.1 Å². The van der Waals surface area contributed by atoms with Gasteiger partial charge in [-0.25, -0.2) is 9.97 Å². The molecule has 1 unspecified atom stereocenters. The monoisotopic (exact) mass is 308 g/mol. The summed E-state index contributed by atoms with van der Waals surface area (Å²) in [6, 6.07) is 2.04. The summed E-state index contributed by atoms with van der Waals surface area (Å²) in [5.74, 6) is 1.04. The summed E-state index contributed by atoms with van der Waals surface area (Å²) >= 11 is 3.44. The summed E-state index contributed by atoms with van der Waals surface area (Å²) < 4.78 is 0.981. The van der Waals surface area contributed by atoms with Crippen molar-refractivity contribution in [1.29, 1.82) is 0 Å². The highest BCUT2D eigenvalue weighted by Gasteiger charge is 2.37. The Kier molecular flexibility index (Phi) is 3.11. The van der Waals surface area contributed by atoms with E-state index in [0.717, 1.165) is 47.3 Å². The van der Waals surface area contributed by atoms with Crippen molar-refractivity contribution in [2.24, 2.45) is 0 Å². The molecule has 2 N–H and O–H groups in total. The van der Waals surface area contributed by atoms with E-state index in [9.17, 15) is 0 Å². The van der Waals surface area contributed by atoms with E-state index in [1.807, 2.05) is 6.07 Å². The van der Waals surface area contributed by atoms with Crippen LogP contribution in [0.5, 0.6) is 0 Å². The second-order valence-corrected chi connectivity index (χ2v) is 5.89. The van der Waals surface area contributed by atoms with E-state index < -0.39 is 0 Å². The first-order chi connectivity index (χ1) is 8.73. The van der Waals surface area contributed by atoms with Crippen LogP contribution in [0.25, 0.3) is 11.2 Å². The average molecular weight is 309 g/mol. The second kappa shape index (κ2) is 4.63. The number of hydrogen-bond donors (Lipinski definition) is 2. The lowest BCUT2D eigenvalue weighted by molar-refractivity contribution is 0.338. The number of nitrogens with zero attached hydrogens (tertiary/aromatic N) is 2. The molecule has 3 rings (SSSR count). The first kappa shape index (κ1) is 12.1. The lowest BCUT2D eigenvalue weighted by Crippen LogP contribution is -2.37. The molecule has 18 heavy (non-hydrogen) atoms. The Bertz CT molecular complexity index is 557. The third kappa shape index (κ3) is 1.95. The van der Waals surface area contributed by atoms with Crippen LogP contribution in [0.15, 0.2) is 16.7 Å². The van der Waals surface area contributed by atoms with Crippen LogP contribution in [0.2, 0.25) is 0 Å². The van der Waals surface area contributed by atoms with Crippen LogP contribution in [-0.2, 0) is 5.54 Å². The van der Waals surface area contributed by atoms with Gasteiger partial charge in [-0.2, -0.15) is 0 Å². The van der Waals surface area contributed by atoms with E-state index in [1.165, 1.54) is 6.42 Å². The van der Waals surface area contributed by atoms with Gasteiger partial charge in [-0.1, -0.05) is 13.3 Å². The number of nitrogens with one attached hydrogen (secondary N) is 2. The molecule has 3 heterocycles. The number of aromatic amines is 1. The van der Waals surface area contributed by atoms with Crippen LogP contribution in [0.1, 0.15) is 38.4 Å². The summed E-state index contributed by atoms with van der Waals surface area (Å²) in [6.45, 7) is 3.30. The van der Waals surface area contributed by atoms with E-state index in [0.29, 0.717) is 0 Å². The fraction of sp³-hybridized carbons (Fsp3) is 0.538. The largest absolute Gasteiger partial charge is 0.339 e. The molecule has 2 aromatic rings. The van der Waals surface area contributed by atoms with Crippen molar-refractivity contribution >= 4 is 27.1 Å². The Hall–Kier alpha value is -0.940. The Morgan fingerprint density at radius 1 is 1.50 bits per heavy atom. The van der Waals surface area contributed by atoms with Gasteiger partial charge in [0.2, 0.25) is 0 Å². The number of H-pyrrole nitrogens is 1. The quantitative estimate of drug-likeness (QED) is 0.916. The van der Waals surface area contributed by atoms with E-state index >= 15 is 0 Å². The normalized spacial score (nSPS) is 23.9. The zero-order valence-corrected chi connectivity index (χ0v) is 12.0. The van der Waals surface area contributed by atoms with Gasteiger partial charge in [0, 0.05) is 10.7 Å². The van der Waals surface area contributed by atoms with Crippen LogP contribution < -0.4 is 5.32 Å². The maximum atomic E-state index is 4.68. The Morgan fingerprint density at radius 3 is 3.11 bits per heavy atom. The van der Waals surface area contributed by atoms with E-state index in [-0.39, 0.29) is 5.54 Å². The predicted octanol–water partition coefficient (Wildman–Crippen LogP) is 3.10. The van der Waals surface area contributed by atoms with E-state index in [4.69, 9.17) is 0 Å². The highest BCUT2D eigenvalue weighted by Crippen LogP contribution is 2.34. The third-order valence-electron chi connectivity index (χ3n) is 3.68. The minimum atomic E-state index is 0.0297. The summed E-state index contributed by atoms with van der Waals surface area (Å²) in [7, 11) is 0. The van der Waals surface area contributed by atoms with E-state index in [2.05, 4.69) is 43.1 Å². The van der Waals surface area contributed by atoms with Crippen molar-refractivity contribution in [3.8, 4) is 0 Å². The Balaban J connectivity index is 2.06. The number of aromatic nitrogens is 3. The first-order valence-electron chi connectivity index (χ1n) is 6.50. The molecule has 0 aromatic carbocycles. The van der Waals surface area contributed by atoms with Crippen LogP contribution in [0.4, 0.5) is 0 Å². The molecule has 4 nitrogen and oxygen atoms in total. The summed E-state index contributed by atoms with van der Waals surface area (Å²) in [6.07, 6.45) is 6.44. The molecule has 1 atom stereocenters. The summed E-state index contributed by atoms with van der Waals surface area (Å²) in [5, 5.41) is 3.63. The molecule has 5 heteroatoms. The van der Waals surface area contributed by atoms with Gasteiger partial charge in [0.15, 0.2) is 5.65 Å². The van der Waals surface area contributed by atoms with E-state index in [1.54, 1.807) is 6.20 Å². The van der Waals surface area contributed by atoms with Crippen LogP contribution in [0, 0.1) is 0 Å². The molecule has 96 valence electrons. The molecule has 1 aliphatic rings. The van der Waals surface area contributed by atoms with Crippen LogP contribution in [0.3, 0.4) is 0 Å². The number of hydrogen-bond acceptors (Lipinski definition) is 3. The molecule has 0 amide bonds. The lowest BCUT2D eigenvalue weighted by Gasteiger charge is -2.26. The molecule has 0 radical (unpaired) electrons. The lowest BCUT2D eigenvalue weighted by atomic mass is 9.91. The molecule has 0 spiro atoms. The smallest absolute Gasteiger partial charge is 0.177 e. The number of rotatable bonds is 3. The zero-order chi connectivity index (χ0) is 12.6. The van der Waals surface area contributed by atoms with Crippen molar-refractivity contribution in [1.82, 2.24) is 20.3 Å². The number of pyridine rings is 1. The molecule has 1 fully saturated rings. The van der Waals surface area contributed by atoms with Gasteiger partial charge < -0.3 is 10.3 Å². The van der Waals surface area contributed by atoms with Gasteiger partial charge >= 0.3 is 0 Å². The summed E-state index contributed by atoms with van der Waals surface area (Å²) in [4.78, 5) is 12.5. The van der Waals surface area contributed by atoms with Gasteiger partial charge in [0.25, 0.3) is 0 Å². The van der Waals surface area contributed by atoms with Crippen LogP contribution in [-0.4, -0.2) is 21.5 Å². The van der Waals surface area contributed by atoms with Gasteiger partial charge in [0.1, 0.15) is 5.82 Å². The second-order valence-electron chi connectivity index (χ2n) is 4.97. The minimum absolute atomic E-state index is 0.0297. The molecule has 1 aliphatic heterocycles. The molecule has 0 bridgehead atoms. The maximum absolute atomic E-state index is 4.68. The fourth-order valence-corrected chi connectivity index (χ4v) is 3.20. The molecule has 2 aromatic heterocycles. The predicted molar refractivity (Wildman–Crippen MR) is 75.4 cm³/mol. The molecular formula is C13H17BrN4. The minimum Gasteiger partial charge on any atom is -0.339 e. The van der Waals surface area contributed by atoms with Crippen molar-refractivity contribution in [3.05, 3.63) is 22.6 Å². The van der Waals surface area contributed by atoms with Crippen molar-refractivity contribution in [3.63, 3.8) is 0 Å². The number of fused-ring (bicyclic) bond motifs is 1. The van der Waals surface area contributed by atoms with Crippen molar-refractivity contribution in [2.75, 3.05) is 6.54 Å². The standard InChI is InChI=1S/C13H17BrN4/c1-2-4-13(5-3-6-16-13)12-17-10-7-9(14)8-15-11(10)18-12/h7-8,16H,2-6H2,1H3,(H,15,17,18). The zero-order valence-electron chi connectivity index (χ0n) is 10.5. The van der Waals surface area contributed by atoms with Crippen molar-refractivity contribution < 1.29 is 0 Å².